The van der Waals surface area contributed by atoms with Crippen LogP contribution in [0, 0.1) is 0 Å². The van der Waals surface area contributed by atoms with Gasteiger partial charge < -0.3 is 31.4 Å². The molecule has 0 saturated carbocycles. The Morgan fingerprint density at radius 2 is 1.79 bits per heavy atom. The van der Waals surface area contributed by atoms with E-state index in [0.717, 1.165) is 0 Å². The Morgan fingerprint density at radius 1 is 1.13 bits per heavy atom. The number of ether oxygens (including phenoxy) is 2. The van der Waals surface area contributed by atoms with Crippen LogP contribution in [0.25, 0.3) is 0 Å². The molecule has 6 N–H and O–H groups in total. The number of nitrogens with one attached hydrogen (secondary N) is 1. The van der Waals surface area contributed by atoms with Gasteiger partial charge in [-0.3, -0.25) is 19.3 Å². The SMILES string of the molecule is CCC(C)(C)NC(=O)C(c1ccc(O)cc1)N(C(=O)c1snc(C(N)=O)c1N)c1ccc(OC)cc1OC. The number of rotatable bonds is 10. The van der Waals surface area contributed by atoms with Crippen LogP contribution >= 0.6 is 11.5 Å². The van der Waals surface area contributed by atoms with Crippen LogP contribution in [0.4, 0.5) is 11.4 Å². The van der Waals surface area contributed by atoms with Crippen LogP contribution in [0.2, 0.25) is 0 Å². The largest absolute Gasteiger partial charge is 0.508 e. The summed E-state index contributed by atoms with van der Waals surface area (Å²) in [6.07, 6.45) is 0.616. The number of aromatic hydroxyl groups is 1. The van der Waals surface area contributed by atoms with E-state index in [1.54, 1.807) is 30.3 Å². The van der Waals surface area contributed by atoms with Crippen molar-refractivity contribution >= 4 is 40.6 Å². The molecule has 0 bridgehead atoms. The molecule has 3 amide bonds. The predicted molar refractivity (Wildman–Crippen MR) is 145 cm³/mol. The number of primary amides is 1. The number of benzene rings is 2. The molecule has 38 heavy (non-hydrogen) atoms. The van der Waals surface area contributed by atoms with E-state index in [-0.39, 0.29) is 33.4 Å². The molecular formula is C26H31N5O6S. The lowest BCUT2D eigenvalue weighted by Crippen LogP contribution is -2.50. The molecule has 11 nitrogen and oxygen atoms in total. The molecule has 1 atom stereocenters. The fourth-order valence-electron chi connectivity index (χ4n) is 3.65. The van der Waals surface area contributed by atoms with Crippen LogP contribution in [-0.4, -0.2) is 47.0 Å². The molecule has 0 fully saturated rings. The van der Waals surface area contributed by atoms with E-state index in [9.17, 15) is 19.5 Å². The predicted octanol–water partition coefficient (Wildman–Crippen LogP) is 3.24. The summed E-state index contributed by atoms with van der Waals surface area (Å²) >= 11 is 0.697. The number of nitrogens with zero attached hydrogens (tertiary/aromatic N) is 2. The van der Waals surface area contributed by atoms with Crippen LogP contribution in [0.1, 0.15) is 59.0 Å². The standard InChI is InChI=1S/C26H31N5O6S/c1-6-26(2,3)29-24(34)21(14-7-9-15(32)10-8-14)31(17-12-11-16(36-4)13-18(17)37-5)25(35)22-19(27)20(23(28)33)30-38-22/h7-13,21,32H,6,27H2,1-5H3,(H2,28,33)(H,29,34). The molecule has 12 heteroatoms. The number of amides is 3. The highest BCUT2D eigenvalue weighted by Crippen LogP contribution is 2.40. The van der Waals surface area contributed by atoms with Gasteiger partial charge in [-0.25, -0.2) is 0 Å². The average molecular weight is 542 g/mol. The van der Waals surface area contributed by atoms with E-state index >= 15 is 0 Å². The number of phenols is 1. The first-order valence-corrected chi connectivity index (χ1v) is 12.4. The summed E-state index contributed by atoms with van der Waals surface area (Å²) in [5.74, 6) is -1.40. The molecule has 0 spiro atoms. The summed E-state index contributed by atoms with van der Waals surface area (Å²) in [4.78, 5) is 41.1. The zero-order chi connectivity index (χ0) is 28.2. The Labute approximate surface area is 224 Å². The molecule has 1 aromatic heterocycles. The van der Waals surface area contributed by atoms with Crippen LogP contribution < -0.4 is 31.2 Å². The number of phenolic OH excluding ortho intramolecular Hbond substituents is 1. The Bertz CT molecular complexity index is 1340. The van der Waals surface area contributed by atoms with E-state index in [1.807, 2.05) is 20.8 Å². The number of hydrogen-bond acceptors (Lipinski definition) is 9. The molecule has 0 aliphatic heterocycles. The normalized spacial score (nSPS) is 11.9. The van der Waals surface area contributed by atoms with Gasteiger partial charge in [-0.05, 0) is 61.6 Å². The lowest BCUT2D eigenvalue weighted by atomic mass is 9.98. The third kappa shape index (κ3) is 5.80. The number of anilines is 2. The Hall–Kier alpha value is -4.32. The van der Waals surface area contributed by atoms with Crippen molar-refractivity contribution in [2.75, 3.05) is 24.9 Å². The fraction of sp³-hybridized carbons (Fsp3) is 0.308. The van der Waals surface area contributed by atoms with Crippen molar-refractivity contribution in [1.82, 2.24) is 9.69 Å². The van der Waals surface area contributed by atoms with E-state index < -0.39 is 29.3 Å². The first-order valence-electron chi connectivity index (χ1n) is 11.7. The first-order chi connectivity index (χ1) is 17.9. The highest BCUT2D eigenvalue weighted by Gasteiger charge is 2.38. The number of aromatic nitrogens is 1. The van der Waals surface area contributed by atoms with E-state index in [1.165, 1.54) is 31.3 Å². The van der Waals surface area contributed by atoms with Crippen LogP contribution in [0.3, 0.4) is 0 Å². The molecule has 0 radical (unpaired) electrons. The molecule has 1 heterocycles. The summed E-state index contributed by atoms with van der Waals surface area (Å²) in [5.41, 5.74) is 11.1. The summed E-state index contributed by atoms with van der Waals surface area (Å²) in [7, 11) is 2.91. The average Bonchev–Trinajstić information content (AvgIpc) is 3.28. The first kappa shape index (κ1) is 28.3. The van der Waals surface area contributed by atoms with Crippen molar-refractivity contribution in [2.24, 2.45) is 5.73 Å². The Kier molecular flexibility index (Phi) is 8.46. The fourth-order valence-corrected chi connectivity index (χ4v) is 4.40. The minimum Gasteiger partial charge on any atom is -0.508 e. The molecule has 0 saturated heterocycles. The maximum atomic E-state index is 14.2. The highest BCUT2D eigenvalue weighted by atomic mass is 32.1. The van der Waals surface area contributed by atoms with Crippen molar-refractivity contribution in [3.8, 4) is 17.2 Å². The molecule has 3 aromatic rings. The number of methoxy groups -OCH3 is 2. The second kappa shape index (κ2) is 11.4. The lowest BCUT2D eigenvalue weighted by Gasteiger charge is -2.35. The molecule has 0 aliphatic carbocycles. The Balaban J connectivity index is 2.31. The summed E-state index contributed by atoms with van der Waals surface area (Å²) < 4.78 is 14.8. The maximum Gasteiger partial charge on any atom is 0.273 e. The van der Waals surface area contributed by atoms with Gasteiger partial charge in [-0.15, -0.1) is 0 Å². The van der Waals surface area contributed by atoms with Gasteiger partial charge in [-0.2, -0.15) is 4.37 Å². The minimum absolute atomic E-state index is 0.0143. The van der Waals surface area contributed by atoms with E-state index in [4.69, 9.17) is 20.9 Å². The third-order valence-electron chi connectivity index (χ3n) is 6.08. The molecule has 0 aliphatic rings. The van der Waals surface area contributed by atoms with Gasteiger partial charge in [0.15, 0.2) is 5.69 Å². The number of carbonyl (C=O) groups is 3. The van der Waals surface area contributed by atoms with Crippen molar-refractivity contribution < 1.29 is 29.0 Å². The van der Waals surface area contributed by atoms with Crippen molar-refractivity contribution in [1.29, 1.82) is 0 Å². The lowest BCUT2D eigenvalue weighted by molar-refractivity contribution is -0.124. The molecular weight excluding hydrogens is 510 g/mol. The van der Waals surface area contributed by atoms with Gasteiger partial charge in [0.2, 0.25) is 5.91 Å². The van der Waals surface area contributed by atoms with Crippen molar-refractivity contribution in [3.63, 3.8) is 0 Å². The van der Waals surface area contributed by atoms with Gasteiger partial charge in [-0.1, -0.05) is 19.1 Å². The summed E-state index contributed by atoms with van der Waals surface area (Å²) in [6.45, 7) is 5.65. The van der Waals surface area contributed by atoms with Gasteiger partial charge in [0.25, 0.3) is 11.8 Å². The second-order valence-corrected chi connectivity index (χ2v) is 9.85. The molecule has 3 rings (SSSR count). The monoisotopic (exact) mass is 541 g/mol. The molecule has 2 aromatic carbocycles. The highest BCUT2D eigenvalue weighted by molar-refractivity contribution is 7.09. The van der Waals surface area contributed by atoms with Crippen molar-refractivity contribution in [2.45, 2.75) is 38.8 Å². The zero-order valence-electron chi connectivity index (χ0n) is 21.8. The van der Waals surface area contributed by atoms with Crippen molar-refractivity contribution in [3.05, 3.63) is 58.6 Å². The molecule has 202 valence electrons. The topological polar surface area (TPSA) is 170 Å². The number of nitrogen functional groups attached to an aromatic ring is 1. The van der Waals surface area contributed by atoms with Gasteiger partial charge in [0.1, 0.15) is 28.2 Å². The maximum absolute atomic E-state index is 14.2. The van der Waals surface area contributed by atoms with Crippen LogP contribution in [-0.2, 0) is 4.79 Å². The van der Waals surface area contributed by atoms with Crippen LogP contribution in [0.5, 0.6) is 17.2 Å². The quantitative estimate of drug-likeness (QED) is 0.303. The van der Waals surface area contributed by atoms with E-state index in [2.05, 4.69) is 9.69 Å². The van der Waals surface area contributed by atoms with Gasteiger partial charge >= 0.3 is 0 Å². The van der Waals surface area contributed by atoms with Crippen LogP contribution in [0.15, 0.2) is 42.5 Å². The van der Waals surface area contributed by atoms with Gasteiger partial charge in [0, 0.05) is 11.6 Å². The smallest absolute Gasteiger partial charge is 0.273 e. The number of nitrogens with two attached hydrogens (primary N) is 2. The molecule has 1 unspecified atom stereocenters. The summed E-state index contributed by atoms with van der Waals surface area (Å²) in [5, 5.41) is 12.9. The van der Waals surface area contributed by atoms with Gasteiger partial charge in [0.05, 0.1) is 25.6 Å². The van der Waals surface area contributed by atoms with E-state index in [0.29, 0.717) is 29.3 Å². The third-order valence-corrected chi connectivity index (χ3v) is 6.93. The summed E-state index contributed by atoms with van der Waals surface area (Å²) in [6, 6.07) is 9.44. The number of hydrogen-bond donors (Lipinski definition) is 4. The zero-order valence-corrected chi connectivity index (χ0v) is 22.6. The second-order valence-electron chi connectivity index (χ2n) is 9.07. The Morgan fingerprint density at radius 3 is 2.32 bits per heavy atom. The minimum atomic E-state index is -1.24. The number of carbonyl (C=O) groups excluding carboxylic acids is 3.